The van der Waals surface area contributed by atoms with Crippen LogP contribution >= 0.6 is 28.6 Å². The Morgan fingerprint density at radius 1 is 1.35 bits per heavy atom. The van der Waals surface area contributed by atoms with Crippen molar-refractivity contribution >= 4 is 28.6 Å². The Morgan fingerprint density at radius 2 is 2.06 bits per heavy atom. The van der Waals surface area contributed by atoms with E-state index in [1.165, 1.54) is 5.56 Å². The maximum absolute atomic E-state index is 5.93. The van der Waals surface area contributed by atoms with E-state index in [-0.39, 0.29) is 0 Å². The van der Waals surface area contributed by atoms with Gasteiger partial charge in [0.25, 0.3) is 0 Å². The summed E-state index contributed by atoms with van der Waals surface area (Å²) in [6.45, 7) is 7.30. The first kappa shape index (κ1) is 14.9. The zero-order valence-electron chi connectivity index (χ0n) is 10.7. The van der Waals surface area contributed by atoms with Crippen LogP contribution in [-0.2, 0) is 0 Å². The molecule has 0 radical (unpaired) electrons. The monoisotopic (exact) mass is 316 g/mol. The molecule has 0 fully saturated rings. The molecule has 0 spiro atoms. The van der Waals surface area contributed by atoms with Crippen LogP contribution in [-0.4, -0.2) is 12.4 Å². The predicted octanol–water partition coefficient (Wildman–Crippen LogP) is 4.91. The highest BCUT2D eigenvalue weighted by molar-refractivity contribution is 9.10. The second-order valence-electron chi connectivity index (χ2n) is 4.60. The molecule has 0 aromatic heterocycles. The van der Waals surface area contributed by atoms with Crippen LogP contribution < -0.4 is 4.74 Å². The van der Waals surface area contributed by atoms with Crippen LogP contribution in [0.4, 0.5) is 0 Å². The molecule has 1 aromatic rings. The van der Waals surface area contributed by atoms with E-state index in [4.69, 9.17) is 4.74 Å². The lowest BCUT2D eigenvalue weighted by Crippen LogP contribution is -2.13. The van der Waals surface area contributed by atoms with Gasteiger partial charge in [-0.15, -0.1) is 0 Å². The predicted molar refractivity (Wildman–Crippen MR) is 81.4 cm³/mol. The van der Waals surface area contributed by atoms with Crippen molar-refractivity contribution in [2.75, 3.05) is 12.4 Å². The molecule has 0 bridgehead atoms. The molecular weight excluding hydrogens is 296 g/mol. The van der Waals surface area contributed by atoms with Crippen molar-refractivity contribution in [3.8, 4) is 5.75 Å². The molecule has 0 saturated heterocycles. The van der Waals surface area contributed by atoms with Gasteiger partial charge in [-0.05, 0) is 41.9 Å². The zero-order chi connectivity index (χ0) is 12.8. The molecule has 0 saturated carbocycles. The van der Waals surface area contributed by atoms with E-state index in [1.54, 1.807) is 0 Å². The fraction of sp³-hybridized carbons (Fsp3) is 0.571. The largest absolute Gasteiger partial charge is 0.493 e. The molecule has 0 N–H and O–H groups in total. The lowest BCUT2D eigenvalue weighted by Gasteiger charge is -2.17. The van der Waals surface area contributed by atoms with Crippen LogP contribution in [0.15, 0.2) is 22.7 Å². The van der Waals surface area contributed by atoms with Crippen LogP contribution in [0.25, 0.3) is 0 Å². The molecule has 0 aliphatic carbocycles. The first-order chi connectivity index (χ1) is 8.08. The average molecular weight is 317 g/mol. The molecule has 0 heterocycles. The summed E-state index contributed by atoms with van der Waals surface area (Å²) in [5.74, 6) is 2.88. The lowest BCUT2D eigenvalue weighted by molar-refractivity contribution is 0.256. The Hall–Kier alpha value is -0.150. The lowest BCUT2D eigenvalue weighted by atomic mass is 10.0. The van der Waals surface area contributed by atoms with E-state index in [0.717, 1.165) is 29.0 Å². The van der Waals surface area contributed by atoms with Gasteiger partial charge in [0, 0.05) is 10.4 Å². The quantitative estimate of drug-likeness (QED) is 0.734. The third-order valence-corrected chi connectivity index (χ3v) is 3.91. The minimum atomic E-state index is 0.471. The molecule has 1 aromatic carbocycles. The van der Waals surface area contributed by atoms with Gasteiger partial charge in [0.15, 0.2) is 0 Å². The van der Waals surface area contributed by atoms with E-state index in [2.05, 4.69) is 55.4 Å². The average Bonchev–Trinajstić information content (AvgIpc) is 2.31. The topological polar surface area (TPSA) is 9.23 Å². The Morgan fingerprint density at radius 3 is 2.59 bits per heavy atom. The van der Waals surface area contributed by atoms with E-state index >= 15 is 0 Å². The van der Waals surface area contributed by atoms with Gasteiger partial charge in [-0.3, -0.25) is 0 Å². The second kappa shape index (κ2) is 7.32. The fourth-order valence-electron chi connectivity index (χ4n) is 1.61. The van der Waals surface area contributed by atoms with Gasteiger partial charge in [-0.2, -0.15) is 12.6 Å². The van der Waals surface area contributed by atoms with Gasteiger partial charge in [-0.1, -0.05) is 36.7 Å². The molecule has 0 aliphatic rings. The molecule has 1 atom stereocenters. The number of hydrogen-bond acceptors (Lipinski definition) is 2. The van der Waals surface area contributed by atoms with Crippen LogP contribution in [0.1, 0.15) is 38.7 Å². The maximum Gasteiger partial charge on any atom is 0.122 e. The number of thiol groups is 1. The van der Waals surface area contributed by atoms with Crippen LogP contribution in [0.3, 0.4) is 0 Å². The smallest absolute Gasteiger partial charge is 0.122 e. The fourth-order valence-corrected chi connectivity index (χ4v) is 2.35. The van der Waals surface area contributed by atoms with E-state index in [1.807, 2.05) is 12.1 Å². The first-order valence-corrected chi connectivity index (χ1v) is 7.54. The molecule has 0 aliphatic heterocycles. The number of halogens is 1. The number of benzene rings is 1. The molecule has 1 rings (SSSR count). The van der Waals surface area contributed by atoms with Gasteiger partial charge in [0.1, 0.15) is 5.75 Å². The van der Waals surface area contributed by atoms with Crippen molar-refractivity contribution in [2.24, 2.45) is 5.92 Å². The Bertz CT molecular complexity index is 348. The van der Waals surface area contributed by atoms with Gasteiger partial charge in [0.2, 0.25) is 0 Å². The summed E-state index contributed by atoms with van der Waals surface area (Å²) in [6.07, 6.45) is 1.11. The van der Waals surface area contributed by atoms with E-state index in [0.29, 0.717) is 11.8 Å². The molecule has 17 heavy (non-hydrogen) atoms. The van der Waals surface area contributed by atoms with Crippen molar-refractivity contribution in [3.63, 3.8) is 0 Å². The third-order valence-electron chi connectivity index (χ3n) is 2.90. The molecular formula is C14H21BrOS. The second-order valence-corrected chi connectivity index (χ2v) is 5.89. The molecule has 1 unspecified atom stereocenters. The normalized spacial score (nSPS) is 12.8. The van der Waals surface area contributed by atoms with E-state index in [9.17, 15) is 0 Å². The molecule has 3 heteroatoms. The highest BCUT2D eigenvalue weighted by atomic mass is 79.9. The number of rotatable bonds is 6. The van der Waals surface area contributed by atoms with E-state index < -0.39 is 0 Å². The van der Waals surface area contributed by atoms with Crippen molar-refractivity contribution in [1.29, 1.82) is 0 Å². The maximum atomic E-state index is 5.93. The SMILES string of the molecule is CCC(CS)COc1ccc(Br)cc1C(C)C. The van der Waals surface area contributed by atoms with Gasteiger partial charge >= 0.3 is 0 Å². The summed E-state index contributed by atoms with van der Waals surface area (Å²) in [4.78, 5) is 0. The van der Waals surface area contributed by atoms with Crippen molar-refractivity contribution in [1.82, 2.24) is 0 Å². The zero-order valence-corrected chi connectivity index (χ0v) is 13.2. The van der Waals surface area contributed by atoms with Crippen LogP contribution in [0, 0.1) is 5.92 Å². The van der Waals surface area contributed by atoms with Gasteiger partial charge < -0.3 is 4.74 Å². The summed E-state index contributed by atoms with van der Waals surface area (Å²) < 4.78 is 7.03. The molecule has 0 amide bonds. The van der Waals surface area contributed by atoms with Crippen molar-refractivity contribution < 1.29 is 4.74 Å². The minimum absolute atomic E-state index is 0.471. The third kappa shape index (κ3) is 4.55. The minimum Gasteiger partial charge on any atom is -0.493 e. The highest BCUT2D eigenvalue weighted by Crippen LogP contribution is 2.30. The highest BCUT2D eigenvalue weighted by Gasteiger charge is 2.11. The number of hydrogen-bond donors (Lipinski definition) is 1. The summed E-state index contributed by atoms with van der Waals surface area (Å²) in [5, 5.41) is 0. The van der Waals surface area contributed by atoms with Crippen molar-refractivity contribution in [2.45, 2.75) is 33.1 Å². The molecule has 1 nitrogen and oxygen atoms in total. The van der Waals surface area contributed by atoms with Gasteiger partial charge in [0.05, 0.1) is 6.61 Å². The van der Waals surface area contributed by atoms with Crippen molar-refractivity contribution in [3.05, 3.63) is 28.2 Å². The Kier molecular flexibility index (Phi) is 6.42. The number of ether oxygens (including phenoxy) is 1. The van der Waals surface area contributed by atoms with Crippen LogP contribution in [0.2, 0.25) is 0 Å². The first-order valence-electron chi connectivity index (χ1n) is 6.11. The van der Waals surface area contributed by atoms with Gasteiger partial charge in [-0.25, -0.2) is 0 Å². The summed E-state index contributed by atoms with van der Waals surface area (Å²) in [6, 6.07) is 6.22. The summed E-state index contributed by atoms with van der Waals surface area (Å²) >= 11 is 7.84. The Labute approximate surface area is 118 Å². The Balaban J connectivity index is 2.76. The van der Waals surface area contributed by atoms with Crippen LogP contribution in [0.5, 0.6) is 5.75 Å². The standard InChI is InChI=1S/C14H21BrOS/c1-4-11(9-17)8-16-14-6-5-12(15)7-13(14)10(2)3/h5-7,10-11,17H,4,8-9H2,1-3H3. The molecule has 96 valence electrons. The summed E-state index contributed by atoms with van der Waals surface area (Å²) in [5.41, 5.74) is 1.26. The summed E-state index contributed by atoms with van der Waals surface area (Å²) in [7, 11) is 0.